The summed E-state index contributed by atoms with van der Waals surface area (Å²) in [6, 6.07) is 4.79. The first-order chi connectivity index (χ1) is 13.2. The summed E-state index contributed by atoms with van der Waals surface area (Å²) in [7, 11) is 0. The van der Waals surface area contributed by atoms with Crippen LogP contribution in [0.25, 0.3) is 0 Å². The number of aryl methyl sites for hydroxylation is 2. The molecule has 1 atom stereocenters. The third-order valence-corrected chi connectivity index (χ3v) is 6.42. The summed E-state index contributed by atoms with van der Waals surface area (Å²) in [4.78, 5) is 15.6. The van der Waals surface area contributed by atoms with Gasteiger partial charge in [0.05, 0.1) is 25.8 Å². The molecule has 156 valence electrons. The predicted octanol–water partition coefficient (Wildman–Crippen LogP) is 3.57. The number of hydrogen-bond donors (Lipinski definition) is 2. The minimum atomic E-state index is 0. The van der Waals surface area contributed by atoms with Crippen molar-refractivity contribution in [3.63, 3.8) is 0 Å². The van der Waals surface area contributed by atoms with Gasteiger partial charge in [-0.15, -0.1) is 46.7 Å². The highest BCUT2D eigenvalue weighted by atomic mass is 127. The van der Waals surface area contributed by atoms with Crippen molar-refractivity contribution in [3.05, 3.63) is 38.0 Å². The van der Waals surface area contributed by atoms with Gasteiger partial charge >= 0.3 is 0 Å². The standard InChI is InChI=1S/C19H29N5OS2.HI/c1-4-20-19(23-13-18-21-11-15(3)27-18)22-12-16(17-6-5-14(2)26-17)24-7-9-25-10-8-24;/h5-6,11,16H,4,7-10,12-13H2,1-3H3,(H2,20,22,23);1H. The van der Waals surface area contributed by atoms with Gasteiger partial charge in [-0.1, -0.05) is 0 Å². The molecule has 0 aliphatic carbocycles. The van der Waals surface area contributed by atoms with Crippen molar-refractivity contribution in [1.29, 1.82) is 0 Å². The first-order valence-corrected chi connectivity index (χ1v) is 11.1. The smallest absolute Gasteiger partial charge is 0.191 e. The molecule has 1 unspecified atom stereocenters. The van der Waals surface area contributed by atoms with Gasteiger partial charge in [-0.2, -0.15) is 0 Å². The molecule has 0 aromatic carbocycles. The Morgan fingerprint density at radius 3 is 2.61 bits per heavy atom. The number of aromatic nitrogens is 1. The summed E-state index contributed by atoms with van der Waals surface area (Å²) in [5, 5.41) is 7.94. The number of thiophene rings is 1. The maximum Gasteiger partial charge on any atom is 0.191 e. The quantitative estimate of drug-likeness (QED) is 0.323. The van der Waals surface area contributed by atoms with Gasteiger partial charge in [0.25, 0.3) is 0 Å². The van der Waals surface area contributed by atoms with Gasteiger partial charge in [0.1, 0.15) is 5.01 Å². The molecular formula is C19H30IN5OS2. The highest BCUT2D eigenvalue weighted by Gasteiger charge is 2.24. The van der Waals surface area contributed by atoms with E-state index >= 15 is 0 Å². The van der Waals surface area contributed by atoms with Crippen LogP contribution in [0.5, 0.6) is 0 Å². The summed E-state index contributed by atoms with van der Waals surface area (Å²) in [6.45, 7) is 12.1. The largest absolute Gasteiger partial charge is 0.379 e. The molecule has 0 saturated carbocycles. The lowest BCUT2D eigenvalue weighted by Crippen LogP contribution is -2.46. The Bertz CT molecular complexity index is 742. The number of morpholine rings is 1. The lowest BCUT2D eigenvalue weighted by Gasteiger charge is -2.34. The van der Waals surface area contributed by atoms with Gasteiger partial charge in [-0.05, 0) is 32.9 Å². The number of nitrogens with one attached hydrogen (secondary N) is 2. The molecule has 28 heavy (non-hydrogen) atoms. The van der Waals surface area contributed by atoms with E-state index in [0.29, 0.717) is 12.6 Å². The highest BCUT2D eigenvalue weighted by molar-refractivity contribution is 14.0. The van der Waals surface area contributed by atoms with Crippen LogP contribution in [-0.2, 0) is 11.3 Å². The minimum absolute atomic E-state index is 0. The van der Waals surface area contributed by atoms with E-state index in [1.54, 1.807) is 11.3 Å². The van der Waals surface area contributed by atoms with Crippen LogP contribution in [0.3, 0.4) is 0 Å². The molecule has 9 heteroatoms. The van der Waals surface area contributed by atoms with Gasteiger partial charge in [0.2, 0.25) is 0 Å². The minimum Gasteiger partial charge on any atom is -0.379 e. The lowest BCUT2D eigenvalue weighted by atomic mass is 10.2. The third-order valence-electron chi connectivity index (χ3n) is 4.42. The fourth-order valence-corrected chi connectivity index (χ4v) is 4.81. The van der Waals surface area contributed by atoms with Crippen LogP contribution in [0.1, 0.15) is 32.6 Å². The van der Waals surface area contributed by atoms with Crippen LogP contribution in [0.15, 0.2) is 23.3 Å². The SMILES string of the molecule is CCNC(=NCc1ncc(C)s1)NCC(c1ccc(C)s1)N1CCOCC1.I. The highest BCUT2D eigenvalue weighted by Crippen LogP contribution is 2.27. The van der Waals surface area contributed by atoms with Crippen molar-refractivity contribution >= 4 is 52.6 Å². The first kappa shape index (κ1) is 23.5. The van der Waals surface area contributed by atoms with E-state index in [0.717, 1.165) is 50.4 Å². The monoisotopic (exact) mass is 535 g/mol. The Kier molecular flexibility index (Phi) is 10.1. The molecule has 3 heterocycles. The number of aliphatic imine (C=N–C) groups is 1. The molecule has 0 amide bonds. The molecule has 2 aromatic rings. The zero-order valence-electron chi connectivity index (χ0n) is 16.7. The molecule has 1 aliphatic rings. The lowest BCUT2D eigenvalue weighted by molar-refractivity contribution is 0.0177. The van der Waals surface area contributed by atoms with E-state index in [4.69, 9.17) is 9.73 Å². The summed E-state index contributed by atoms with van der Waals surface area (Å²) in [5.41, 5.74) is 0. The van der Waals surface area contributed by atoms with E-state index in [1.807, 2.05) is 17.5 Å². The van der Waals surface area contributed by atoms with Crippen LogP contribution in [-0.4, -0.2) is 55.2 Å². The molecule has 3 rings (SSSR count). The molecule has 1 aliphatic heterocycles. The number of hydrogen-bond acceptors (Lipinski definition) is 6. The molecule has 2 aromatic heterocycles. The van der Waals surface area contributed by atoms with Gasteiger partial charge in [-0.3, -0.25) is 4.90 Å². The van der Waals surface area contributed by atoms with Gasteiger partial charge in [-0.25, -0.2) is 9.98 Å². The Morgan fingerprint density at radius 1 is 1.21 bits per heavy atom. The van der Waals surface area contributed by atoms with E-state index < -0.39 is 0 Å². The number of nitrogens with zero attached hydrogens (tertiary/aromatic N) is 3. The molecule has 6 nitrogen and oxygen atoms in total. The fourth-order valence-electron chi connectivity index (χ4n) is 3.09. The van der Waals surface area contributed by atoms with Gasteiger partial charge in [0.15, 0.2) is 5.96 Å². The maximum absolute atomic E-state index is 5.54. The Morgan fingerprint density at radius 2 is 2.00 bits per heavy atom. The van der Waals surface area contributed by atoms with Crippen molar-refractivity contribution in [3.8, 4) is 0 Å². The molecule has 1 fully saturated rings. The summed E-state index contributed by atoms with van der Waals surface area (Å²) in [5.74, 6) is 0.844. The van der Waals surface area contributed by atoms with Crippen LogP contribution in [0.4, 0.5) is 0 Å². The van der Waals surface area contributed by atoms with Crippen LogP contribution in [0.2, 0.25) is 0 Å². The second-order valence-electron chi connectivity index (χ2n) is 6.55. The van der Waals surface area contributed by atoms with E-state index in [9.17, 15) is 0 Å². The fraction of sp³-hybridized carbons (Fsp3) is 0.579. The molecule has 0 bridgehead atoms. The van der Waals surface area contributed by atoms with Crippen molar-refractivity contribution in [2.45, 2.75) is 33.4 Å². The average molecular weight is 536 g/mol. The molecule has 2 N–H and O–H groups in total. The third kappa shape index (κ3) is 6.94. The summed E-state index contributed by atoms with van der Waals surface area (Å²) in [6.07, 6.45) is 1.91. The topological polar surface area (TPSA) is 61.8 Å². The van der Waals surface area contributed by atoms with Crippen LogP contribution in [0, 0.1) is 13.8 Å². The molecule has 1 saturated heterocycles. The van der Waals surface area contributed by atoms with Crippen molar-refractivity contribution in [2.75, 3.05) is 39.4 Å². The van der Waals surface area contributed by atoms with E-state index in [-0.39, 0.29) is 24.0 Å². The summed E-state index contributed by atoms with van der Waals surface area (Å²) < 4.78 is 5.54. The van der Waals surface area contributed by atoms with Crippen LogP contribution >= 0.6 is 46.7 Å². The number of rotatable bonds is 7. The number of ether oxygens (including phenoxy) is 1. The van der Waals surface area contributed by atoms with E-state index in [1.165, 1.54) is 14.6 Å². The van der Waals surface area contributed by atoms with Crippen molar-refractivity contribution < 1.29 is 4.74 Å². The van der Waals surface area contributed by atoms with Crippen molar-refractivity contribution in [2.24, 2.45) is 4.99 Å². The number of guanidine groups is 1. The number of thiazole rings is 1. The molecule has 0 radical (unpaired) electrons. The maximum atomic E-state index is 5.54. The molecule has 0 spiro atoms. The Labute approximate surface area is 192 Å². The first-order valence-electron chi connectivity index (χ1n) is 9.47. The number of halogens is 1. The predicted molar refractivity (Wildman–Crippen MR) is 129 cm³/mol. The Hall–Kier alpha value is -0.750. The summed E-state index contributed by atoms with van der Waals surface area (Å²) >= 11 is 3.58. The molecular weight excluding hydrogens is 505 g/mol. The zero-order chi connectivity index (χ0) is 19.1. The van der Waals surface area contributed by atoms with E-state index in [2.05, 4.69) is 53.4 Å². The van der Waals surface area contributed by atoms with Gasteiger partial charge in [0, 0.05) is 47.0 Å². The van der Waals surface area contributed by atoms with Crippen LogP contribution < -0.4 is 10.6 Å². The second-order valence-corrected chi connectivity index (χ2v) is 9.19. The van der Waals surface area contributed by atoms with Crippen molar-refractivity contribution in [1.82, 2.24) is 20.5 Å². The Balaban J connectivity index is 0.00000280. The normalized spacial score (nSPS) is 16.5. The second kappa shape index (κ2) is 12.1. The average Bonchev–Trinajstić information content (AvgIpc) is 3.29. The van der Waals surface area contributed by atoms with Gasteiger partial charge < -0.3 is 15.4 Å². The zero-order valence-corrected chi connectivity index (χ0v) is 20.7.